The minimum absolute atomic E-state index is 0.293. The molecule has 1 saturated carbocycles. The van der Waals surface area contributed by atoms with Crippen molar-refractivity contribution in [3.05, 3.63) is 28.7 Å². The molecule has 0 bridgehead atoms. The van der Waals surface area contributed by atoms with E-state index in [0.717, 1.165) is 42.3 Å². The first-order chi connectivity index (χ1) is 10.2. The van der Waals surface area contributed by atoms with Gasteiger partial charge < -0.3 is 19.9 Å². The molecule has 1 aliphatic rings. The van der Waals surface area contributed by atoms with Crippen molar-refractivity contribution in [2.75, 3.05) is 32.9 Å². The number of halogens is 1. The number of benzene rings is 1. The number of ether oxygens (including phenoxy) is 2. The van der Waals surface area contributed by atoms with E-state index in [2.05, 4.69) is 21.2 Å². The summed E-state index contributed by atoms with van der Waals surface area (Å²) in [6.45, 7) is 3.41. The van der Waals surface area contributed by atoms with Gasteiger partial charge in [0, 0.05) is 24.2 Å². The van der Waals surface area contributed by atoms with Gasteiger partial charge in [-0.3, -0.25) is 0 Å². The van der Waals surface area contributed by atoms with Crippen LogP contribution < -0.4 is 10.1 Å². The van der Waals surface area contributed by atoms with Gasteiger partial charge in [-0.1, -0.05) is 22.0 Å². The highest BCUT2D eigenvalue weighted by Crippen LogP contribution is 2.28. The molecule has 4 nitrogen and oxygen atoms in total. The first-order valence-corrected chi connectivity index (χ1v) is 8.38. The summed E-state index contributed by atoms with van der Waals surface area (Å²) in [6.07, 6.45) is 3.15. The summed E-state index contributed by atoms with van der Waals surface area (Å²) in [5, 5.41) is 13.1. The van der Waals surface area contributed by atoms with Crippen molar-refractivity contribution in [2.24, 2.45) is 5.92 Å². The molecule has 1 fully saturated rings. The Labute approximate surface area is 135 Å². The number of hydrogen-bond acceptors (Lipinski definition) is 4. The molecule has 2 N–H and O–H groups in total. The summed E-state index contributed by atoms with van der Waals surface area (Å²) in [5.74, 6) is 1.59. The molecule has 0 amide bonds. The molecule has 5 heteroatoms. The topological polar surface area (TPSA) is 50.7 Å². The van der Waals surface area contributed by atoms with Gasteiger partial charge in [0.15, 0.2) is 0 Å². The van der Waals surface area contributed by atoms with Crippen LogP contribution in [0.4, 0.5) is 0 Å². The quantitative estimate of drug-likeness (QED) is 0.597. The van der Waals surface area contributed by atoms with Crippen LogP contribution in [0.25, 0.3) is 0 Å². The lowest BCUT2D eigenvalue weighted by Gasteiger charge is -2.13. The van der Waals surface area contributed by atoms with Crippen LogP contribution in [0.2, 0.25) is 0 Å². The second-order valence-corrected chi connectivity index (χ2v) is 6.41. The third kappa shape index (κ3) is 7.81. The highest BCUT2D eigenvalue weighted by molar-refractivity contribution is 9.10. The normalized spacial score (nSPS) is 15.9. The zero-order valence-corrected chi connectivity index (χ0v) is 13.8. The lowest BCUT2D eigenvalue weighted by molar-refractivity contribution is 0.102. The maximum Gasteiger partial charge on any atom is 0.120 e. The van der Waals surface area contributed by atoms with Gasteiger partial charge in [0.1, 0.15) is 18.5 Å². The van der Waals surface area contributed by atoms with Gasteiger partial charge in [0.25, 0.3) is 0 Å². The maximum absolute atomic E-state index is 9.83. The maximum atomic E-state index is 9.83. The van der Waals surface area contributed by atoms with Crippen molar-refractivity contribution in [2.45, 2.75) is 25.4 Å². The first-order valence-electron chi connectivity index (χ1n) is 7.59. The first kappa shape index (κ1) is 16.7. The van der Waals surface area contributed by atoms with Crippen LogP contribution in [-0.2, 0) is 4.74 Å². The summed E-state index contributed by atoms with van der Waals surface area (Å²) in [7, 11) is 0. The van der Waals surface area contributed by atoms with Crippen LogP contribution in [0.15, 0.2) is 28.7 Å². The standard InChI is InChI=1S/C16H24BrNO3/c17-14-3-1-4-16(9-14)21-12-15(19)10-18-7-2-8-20-11-13-5-6-13/h1,3-4,9,13,15,18-19H,2,5-8,10-12H2. The van der Waals surface area contributed by atoms with Crippen molar-refractivity contribution in [3.8, 4) is 5.75 Å². The fourth-order valence-corrected chi connectivity index (χ4v) is 2.29. The molecular formula is C16H24BrNO3. The van der Waals surface area contributed by atoms with E-state index in [1.54, 1.807) is 0 Å². The highest BCUT2D eigenvalue weighted by atomic mass is 79.9. The largest absolute Gasteiger partial charge is 0.491 e. The predicted octanol–water partition coefficient (Wildman–Crippen LogP) is 2.60. The van der Waals surface area contributed by atoms with Crippen molar-refractivity contribution < 1.29 is 14.6 Å². The molecule has 0 saturated heterocycles. The Kier molecular flexibility index (Phi) is 7.50. The van der Waals surface area contributed by atoms with Gasteiger partial charge in [-0.2, -0.15) is 0 Å². The third-order valence-corrected chi connectivity index (χ3v) is 3.80. The Balaban J connectivity index is 1.44. The third-order valence-electron chi connectivity index (χ3n) is 3.31. The summed E-state index contributed by atoms with van der Waals surface area (Å²) in [4.78, 5) is 0. The average Bonchev–Trinajstić information content (AvgIpc) is 3.28. The molecule has 0 spiro atoms. The number of nitrogens with one attached hydrogen (secondary N) is 1. The van der Waals surface area contributed by atoms with E-state index in [1.165, 1.54) is 12.8 Å². The van der Waals surface area contributed by atoms with Crippen LogP contribution in [0.5, 0.6) is 5.75 Å². The number of rotatable bonds is 11. The van der Waals surface area contributed by atoms with Crippen molar-refractivity contribution >= 4 is 15.9 Å². The average molecular weight is 358 g/mol. The van der Waals surface area contributed by atoms with E-state index in [4.69, 9.17) is 9.47 Å². The Morgan fingerprint density at radius 3 is 3.00 bits per heavy atom. The summed E-state index contributed by atoms with van der Waals surface area (Å²) < 4.78 is 12.1. The van der Waals surface area contributed by atoms with Crippen molar-refractivity contribution in [1.29, 1.82) is 0 Å². The molecule has 0 aromatic heterocycles. The van der Waals surface area contributed by atoms with E-state index in [-0.39, 0.29) is 0 Å². The number of aliphatic hydroxyl groups excluding tert-OH is 1. The van der Waals surface area contributed by atoms with Gasteiger partial charge in [-0.25, -0.2) is 0 Å². The lowest BCUT2D eigenvalue weighted by atomic mass is 10.3. The molecule has 1 aromatic rings. The molecule has 0 radical (unpaired) electrons. The minimum Gasteiger partial charge on any atom is -0.491 e. The molecular weight excluding hydrogens is 334 g/mol. The molecule has 1 unspecified atom stereocenters. The predicted molar refractivity (Wildman–Crippen MR) is 86.7 cm³/mol. The molecule has 2 rings (SSSR count). The number of hydrogen-bond donors (Lipinski definition) is 2. The SMILES string of the molecule is OC(CNCCCOCC1CC1)COc1cccc(Br)c1. The van der Waals surface area contributed by atoms with Gasteiger partial charge in [0.05, 0.1) is 0 Å². The smallest absolute Gasteiger partial charge is 0.120 e. The molecule has 1 atom stereocenters. The summed E-state index contributed by atoms with van der Waals surface area (Å²) in [6, 6.07) is 7.61. The van der Waals surface area contributed by atoms with E-state index >= 15 is 0 Å². The minimum atomic E-state index is -0.503. The van der Waals surface area contributed by atoms with Crippen molar-refractivity contribution in [3.63, 3.8) is 0 Å². The molecule has 0 aliphatic heterocycles. The Morgan fingerprint density at radius 1 is 1.38 bits per heavy atom. The Morgan fingerprint density at radius 2 is 2.24 bits per heavy atom. The molecule has 118 valence electrons. The van der Waals surface area contributed by atoms with Crippen LogP contribution in [0.1, 0.15) is 19.3 Å². The molecule has 1 aliphatic carbocycles. The van der Waals surface area contributed by atoms with Gasteiger partial charge in [0.2, 0.25) is 0 Å². The van der Waals surface area contributed by atoms with Gasteiger partial charge in [-0.15, -0.1) is 0 Å². The van der Waals surface area contributed by atoms with Crippen LogP contribution in [0, 0.1) is 5.92 Å². The summed E-state index contributed by atoms with van der Waals surface area (Å²) in [5.41, 5.74) is 0. The second kappa shape index (κ2) is 9.41. The molecule has 0 heterocycles. The van der Waals surface area contributed by atoms with E-state index < -0.39 is 6.10 Å². The van der Waals surface area contributed by atoms with Gasteiger partial charge in [-0.05, 0) is 49.9 Å². The lowest BCUT2D eigenvalue weighted by Crippen LogP contribution is -2.32. The fourth-order valence-electron chi connectivity index (χ4n) is 1.91. The van der Waals surface area contributed by atoms with Gasteiger partial charge >= 0.3 is 0 Å². The van der Waals surface area contributed by atoms with E-state index in [0.29, 0.717) is 13.2 Å². The van der Waals surface area contributed by atoms with Crippen molar-refractivity contribution in [1.82, 2.24) is 5.32 Å². The Bertz CT molecular complexity index is 412. The molecule has 21 heavy (non-hydrogen) atoms. The van der Waals surface area contributed by atoms with E-state index in [9.17, 15) is 5.11 Å². The highest BCUT2D eigenvalue weighted by Gasteiger charge is 2.20. The Hall–Kier alpha value is -0.620. The van der Waals surface area contributed by atoms with E-state index in [1.807, 2.05) is 24.3 Å². The zero-order chi connectivity index (χ0) is 14.9. The van der Waals surface area contributed by atoms with Crippen LogP contribution in [-0.4, -0.2) is 44.1 Å². The summed E-state index contributed by atoms with van der Waals surface area (Å²) >= 11 is 3.39. The van der Waals surface area contributed by atoms with Crippen LogP contribution >= 0.6 is 15.9 Å². The molecule has 1 aromatic carbocycles. The monoisotopic (exact) mass is 357 g/mol. The zero-order valence-electron chi connectivity index (χ0n) is 12.3. The number of aliphatic hydroxyl groups is 1. The second-order valence-electron chi connectivity index (χ2n) is 5.50. The fraction of sp³-hybridized carbons (Fsp3) is 0.625. The van der Waals surface area contributed by atoms with Crippen LogP contribution in [0.3, 0.4) is 0 Å².